The van der Waals surface area contributed by atoms with E-state index in [0.29, 0.717) is 6.54 Å². The molecule has 0 amide bonds. The zero-order chi connectivity index (χ0) is 12.6. The van der Waals surface area contributed by atoms with E-state index in [1.54, 1.807) is 6.26 Å². The summed E-state index contributed by atoms with van der Waals surface area (Å²) in [7, 11) is 1.44. The van der Waals surface area contributed by atoms with Gasteiger partial charge in [-0.2, -0.15) is 0 Å². The number of furan rings is 1. The fourth-order valence-electron chi connectivity index (χ4n) is 2.20. The Morgan fingerprint density at radius 2 is 2.22 bits per heavy atom. The van der Waals surface area contributed by atoms with E-state index in [4.69, 9.17) is 9.15 Å². The number of benzene rings is 1. The van der Waals surface area contributed by atoms with E-state index in [-0.39, 0.29) is 11.4 Å². The summed E-state index contributed by atoms with van der Waals surface area (Å²) >= 11 is 0. The SMILES string of the molecule is COC(=O)C1(CNc2coc3ccccc23)CC1. The molecular formula is C14H15NO3. The summed E-state index contributed by atoms with van der Waals surface area (Å²) < 4.78 is 10.3. The predicted octanol–water partition coefficient (Wildman–Crippen LogP) is 2.80. The molecule has 2 aromatic rings. The van der Waals surface area contributed by atoms with Gasteiger partial charge in [-0.25, -0.2) is 0 Å². The minimum absolute atomic E-state index is 0.122. The molecule has 0 radical (unpaired) electrons. The summed E-state index contributed by atoms with van der Waals surface area (Å²) in [5.41, 5.74) is 1.45. The van der Waals surface area contributed by atoms with Crippen LogP contribution in [0.3, 0.4) is 0 Å². The second-order valence-electron chi connectivity index (χ2n) is 4.77. The van der Waals surface area contributed by atoms with Gasteiger partial charge in [0.2, 0.25) is 0 Å². The molecule has 4 heteroatoms. The van der Waals surface area contributed by atoms with Gasteiger partial charge >= 0.3 is 5.97 Å². The third kappa shape index (κ3) is 1.74. The van der Waals surface area contributed by atoms with Gasteiger partial charge in [-0.1, -0.05) is 12.1 Å². The molecule has 94 valence electrons. The van der Waals surface area contributed by atoms with Crippen molar-refractivity contribution in [3.05, 3.63) is 30.5 Å². The van der Waals surface area contributed by atoms with Gasteiger partial charge in [-0.05, 0) is 25.0 Å². The molecule has 1 aromatic carbocycles. The number of carbonyl (C=O) groups excluding carboxylic acids is 1. The van der Waals surface area contributed by atoms with Crippen LogP contribution in [0.25, 0.3) is 11.0 Å². The maximum absolute atomic E-state index is 11.6. The molecule has 1 N–H and O–H groups in total. The Morgan fingerprint density at radius 1 is 1.44 bits per heavy atom. The zero-order valence-corrected chi connectivity index (χ0v) is 10.2. The lowest BCUT2D eigenvalue weighted by molar-refractivity contribution is -0.146. The first-order valence-electron chi connectivity index (χ1n) is 6.04. The average molecular weight is 245 g/mol. The third-order valence-electron chi connectivity index (χ3n) is 3.57. The number of ether oxygens (including phenoxy) is 1. The summed E-state index contributed by atoms with van der Waals surface area (Å²) in [6, 6.07) is 7.83. The van der Waals surface area contributed by atoms with Crippen LogP contribution in [0.4, 0.5) is 5.69 Å². The van der Waals surface area contributed by atoms with Gasteiger partial charge in [0.25, 0.3) is 0 Å². The number of nitrogens with one attached hydrogen (secondary N) is 1. The van der Waals surface area contributed by atoms with Gasteiger partial charge in [-0.15, -0.1) is 0 Å². The Morgan fingerprint density at radius 3 is 2.94 bits per heavy atom. The lowest BCUT2D eigenvalue weighted by Crippen LogP contribution is -2.25. The Labute approximate surface area is 105 Å². The Bertz CT molecular complexity index is 583. The van der Waals surface area contributed by atoms with Crippen molar-refractivity contribution in [1.82, 2.24) is 0 Å². The van der Waals surface area contributed by atoms with Crippen molar-refractivity contribution in [2.24, 2.45) is 5.41 Å². The van der Waals surface area contributed by atoms with Gasteiger partial charge in [0.05, 0.1) is 18.2 Å². The molecular weight excluding hydrogens is 230 g/mol. The second-order valence-corrected chi connectivity index (χ2v) is 4.77. The molecule has 1 aromatic heterocycles. The van der Waals surface area contributed by atoms with Crippen LogP contribution in [-0.2, 0) is 9.53 Å². The first kappa shape index (κ1) is 11.1. The molecule has 0 unspecified atom stereocenters. The molecule has 1 aliphatic carbocycles. The highest BCUT2D eigenvalue weighted by Gasteiger charge is 2.50. The molecule has 0 saturated heterocycles. The summed E-state index contributed by atoms with van der Waals surface area (Å²) in [5, 5.41) is 4.33. The molecule has 1 heterocycles. The van der Waals surface area contributed by atoms with E-state index in [9.17, 15) is 4.79 Å². The van der Waals surface area contributed by atoms with Crippen LogP contribution >= 0.6 is 0 Å². The fraction of sp³-hybridized carbons (Fsp3) is 0.357. The van der Waals surface area contributed by atoms with E-state index >= 15 is 0 Å². The lowest BCUT2D eigenvalue weighted by Gasteiger charge is -2.13. The fourth-order valence-corrected chi connectivity index (χ4v) is 2.20. The number of methoxy groups -OCH3 is 1. The Kier molecular flexibility index (Phi) is 2.51. The minimum atomic E-state index is -0.326. The van der Waals surface area contributed by atoms with Crippen LogP contribution in [0.1, 0.15) is 12.8 Å². The number of hydrogen-bond donors (Lipinski definition) is 1. The predicted molar refractivity (Wildman–Crippen MR) is 68.4 cm³/mol. The minimum Gasteiger partial charge on any atom is -0.469 e. The van der Waals surface area contributed by atoms with Crippen LogP contribution < -0.4 is 5.32 Å². The van der Waals surface area contributed by atoms with Crippen LogP contribution in [-0.4, -0.2) is 19.6 Å². The largest absolute Gasteiger partial charge is 0.469 e. The van der Waals surface area contributed by atoms with Crippen LogP contribution in [0, 0.1) is 5.41 Å². The van der Waals surface area contributed by atoms with Crippen molar-refractivity contribution in [3.8, 4) is 0 Å². The van der Waals surface area contributed by atoms with E-state index in [1.165, 1.54) is 7.11 Å². The van der Waals surface area contributed by atoms with Crippen molar-refractivity contribution in [1.29, 1.82) is 0 Å². The number of hydrogen-bond acceptors (Lipinski definition) is 4. The maximum atomic E-state index is 11.6. The van der Waals surface area contributed by atoms with Crippen LogP contribution in [0.2, 0.25) is 0 Å². The Hall–Kier alpha value is -1.97. The molecule has 4 nitrogen and oxygen atoms in total. The molecule has 0 bridgehead atoms. The van der Waals surface area contributed by atoms with Crippen molar-refractivity contribution in [2.75, 3.05) is 19.0 Å². The quantitative estimate of drug-likeness (QED) is 0.841. The van der Waals surface area contributed by atoms with E-state index < -0.39 is 0 Å². The summed E-state index contributed by atoms with van der Waals surface area (Å²) in [4.78, 5) is 11.6. The number of rotatable bonds is 4. The number of esters is 1. The van der Waals surface area contributed by atoms with Crippen molar-refractivity contribution < 1.29 is 13.9 Å². The summed E-state index contributed by atoms with van der Waals surface area (Å²) in [6.07, 6.45) is 3.48. The topological polar surface area (TPSA) is 51.5 Å². The lowest BCUT2D eigenvalue weighted by atomic mass is 10.1. The summed E-state index contributed by atoms with van der Waals surface area (Å²) in [5.74, 6) is -0.122. The van der Waals surface area contributed by atoms with Gasteiger partial charge < -0.3 is 14.5 Å². The standard InChI is InChI=1S/C14H15NO3/c1-17-13(16)14(6-7-14)9-15-11-8-18-12-5-3-2-4-10(11)12/h2-5,8,15H,6-7,9H2,1H3. The van der Waals surface area contributed by atoms with Crippen molar-refractivity contribution in [3.63, 3.8) is 0 Å². The zero-order valence-electron chi connectivity index (χ0n) is 10.2. The average Bonchev–Trinajstić information content (AvgIpc) is 3.10. The van der Waals surface area contributed by atoms with Gasteiger partial charge in [0.15, 0.2) is 0 Å². The van der Waals surface area contributed by atoms with E-state index in [0.717, 1.165) is 29.5 Å². The van der Waals surface area contributed by atoms with Crippen molar-refractivity contribution >= 4 is 22.6 Å². The smallest absolute Gasteiger partial charge is 0.313 e. The molecule has 1 fully saturated rings. The van der Waals surface area contributed by atoms with Crippen LogP contribution in [0.15, 0.2) is 34.9 Å². The Balaban J connectivity index is 1.76. The first-order chi connectivity index (χ1) is 8.75. The highest BCUT2D eigenvalue weighted by molar-refractivity contribution is 5.90. The molecule has 0 aliphatic heterocycles. The molecule has 1 saturated carbocycles. The number of para-hydroxylation sites is 1. The van der Waals surface area contributed by atoms with Gasteiger partial charge in [0.1, 0.15) is 11.8 Å². The summed E-state index contributed by atoms with van der Waals surface area (Å²) in [6.45, 7) is 0.600. The normalized spacial score (nSPS) is 16.5. The van der Waals surface area contributed by atoms with E-state index in [2.05, 4.69) is 5.32 Å². The maximum Gasteiger partial charge on any atom is 0.313 e. The number of anilines is 1. The molecule has 0 atom stereocenters. The monoisotopic (exact) mass is 245 g/mol. The van der Waals surface area contributed by atoms with Crippen molar-refractivity contribution in [2.45, 2.75) is 12.8 Å². The molecule has 3 rings (SSSR count). The van der Waals surface area contributed by atoms with Gasteiger partial charge in [-0.3, -0.25) is 4.79 Å². The third-order valence-corrected chi connectivity index (χ3v) is 3.57. The molecule has 0 spiro atoms. The first-order valence-corrected chi connectivity index (χ1v) is 6.04. The van der Waals surface area contributed by atoms with Crippen LogP contribution in [0.5, 0.6) is 0 Å². The van der Waals surface area contributed by atoms with Gasteiger partial charge in [0, 0.05) is 11.9 Å². The molecule has 1 aliphatic rings. The number of fused-ring (bicyclic) bond motifs is 1. The highest BCUT2D eigenvalue weighted by atomic mass is 16.5. The molecule has 18 heavy (non-hydrogen) atoms. The number of carbonyl (C=O) groups is 1. The van der Waals surface area contributed by atoms with E-state index in [1.807, 2.05) is 24.3 Å². The highest BCUT2D eigenvalue weighted by Crippen LogP contribution is 2.46. The second kappa shape index (κ2) is 4.05.